The van der Waals surface area contributed by atoms with E-state index in [4.69, 9.17) is 4.74 Å². The highest BCUT2D eigenvalue weighted by atomic mass is 16.5. The number of hydrogen-bond donors (Lipinski definition) is 1. The molecule has 1 fully saturated rings. The van der Waals surface area contributed by atoms with Crippen LogP contribution in [-0.2, 0) is 0 Å². The molecular formula is C29H30N2O. The van der Waals surface area contributed by atoms with Gasteiger partial charge in [0, 0.05) is 24.0 Å². The second-order valence-electron chi connectivity index (χ2n) is 9.60. The van der Waals surface area contributed by atoms with Crippen molar-refractivity contribution in [1.82, 2.24) is 10.4 Å². The van der Waals surface area contributed by atoms with E-state index in [-0.39, 0.29) is 11.8 Å². The van der Waals surface area contributed by atoms with Gasteiger partial charge < -0.3 is 10.2 Å². The third kappa shape index (κ3) is 3.15. The first kappa shape index (κ1) is 19.6. The van der Waals surface area contributed by atoms with E-state index in [1.807, 2.05) is 0 Å². The lowest BCUT2D eigenvalue weighted by Gasteiger charge is -2.51. The summed E-state index contributed by atoms with van der Waals surface area (Å²) in [6.45, 7) is 4.36. The number of nitrogens with one attached hydrogen (secondary N) is 1. The fraction of sp³-hybridized carbons (Fsp3) is 0.310. The number of hydrogen-bond acceptors (Lipinski definition) is 3. The van der Waals surface area contributed by atoms with Gasteiger partial charge in [0.05, 0.1) is 11.7 Å². The van der Waals surface area contributed by atoms with Gasteiger partial charge in [0.15, 0.2) is 5.72 Å². The third-order valence-corrected chi connectivity index (χ3v) is 7.54. The molecule has 0 aromatic heterocycles. The highest BCUT2D eigenvalue weighted by Crippen LogP contribution is 2.51. The van der Waals surface area contributed by atoms with E-state index in [1.165, 1.54) is 33.5 Å². The fourth-order valence-electron chi connectivity index (χ4n) is 5.77. The van der Waals surface area contributed by atoms with Gasteiger partial charge in [-0.3, -0.25) is 0 Å². The summed E-state index contributed by atoms with van der Waals surface area (Å²) in [5.74, 6) is 1.64. The monoisotopic (exact) mass is 422 g/mol. The molecule has 0 amide bonds. The largest absolute Gasteiger partial charge is 0.471 e. The summed E-state index contributed by atoms with van der Waals surface area (Å²) in [7, 11) is 0. The molecule has 0 unspecified atom stereocenters. The second-order valence-corrected chi connectivity index (χ2v) is 9.60. The lowest BCUT2D eigenvalue weighted by molar-refractivity contribution is -0.152. The van der Waals surface area contributed by atoms with Gasteiger partial charge in [-0.2, -0.15) is 5.01 Å². The molecular weight excluding hydrogens is 392 g/mol. The predicted octanol–water partition coefficient (Wildman–Crippen LogP) is 6.65. The summed E-state index contributed by atoms with van der Waals surface area (Å²) >= 11 is 0. The first-order valence-electron chi connectivity index (χ1n) is 11.8. The molecule has 1 atom stereocenters. The summed E-state index contributed by atoms with van der Waals surface area (Å²) in [5, 5.41) is 2.41. The van der Waals surface area contributed by atoms with E-state index in [1.54, 1.807) is 0 Å². The van der Waals surface area contributed by atoms with Gasteiger partial charge in [-0.05, 0) is 61.9 Å². The Labute approximate surface area is 190 Å². The van der Waals surface area contributed by atoms with E-state index in [0.29, 0.717) is 5.92 Å². The molecule has 3 aromatic rings. The van der Waals surface area contributed by atoms with Crippen LogP contribution in [0, 0.1) is 13.8 Å². The first-order chi connectivity index (χ1) is 15.6. The molecule has 162 valence electrons. The Balaban J connectivity index is 1.35. The van der Waals surface area contributed by atoms with E-state index in [0.717, 1.165) is 31.4 Å². The Morgan fingerprint density at radius 3 is 2.47 bits per heavy atom. The Bertz CT molecular complexity index is 1170. The van der Waals surface area contributed by atoms with Crippen LogP contribution in [-0.4, -0.2) is 10.7 Å². The smallest absolute Gasteiger partial charge is 0.180 e. The van der Waals surface area contributed by atoms with E-state index in [2.05, 4.69) is 103 Å². The van der Waals surface area contributed by atoms with Crippen LogP contribution in [0.15, 0.2) is 78.9 Å². The average molecular weight is 423 g/mol. The molecule has 0 saturated heterocycles. The number of nitrogens with zero attached hydrogens (tertiary/aromatic N) is 1. The van der Waals surface area contributed by atoms with Crippen molar-refractivity contribution in [3.63, 3.8) is 0 Å². The SMILES string of the molecule is Cc1ccc(C)c(C2=C[C@@H]3c4ccccc4OC4(CCC(c5ccccc5)CC4)N3N2)c1. The van der Waals surface area contributed by atoms with Crippen molar-refractivity contribution in [2.45, 2.75) is 57.2 Å². The molecule has 6 rings (SSSR count). The lowest BCUT2D eigenvalue weighted by Crippen LogP contribution is -2.60. The van der Waals surface area contributed by atoms with Gasteiger partial charge in [0.1, 0.15) is 5.75 Å². The van der Waals surface area contributed by atoms with Gasteiger partial charge in [0.25, 0.3) is 0 Å². The predicted molar refractivity (Wildman–Crippen MR) is 129 cm³/mol. The Morgan fingerprint density at radius 1 is 0.906 bits per heavy atom. The third-order valence-electron chi connectivity index (χ3n) is 7.54. The highest BCUT2D eigenvalue weighted by Gasteiger charge is 2.51. The Hall–Kier alpha value is -3.04. The first-order valence-corrected chi connectivity index (χ1v) is 11.8. The molecule has 1 spiro atoms. The van der Waals surface area contributed by atoms with Crippen molar-refractivity contribution < 1.29 is 4.74 Å². The standard InChI is InChI=1S/C29H30N2O/c1-20-12-13-21(2)25(18-20)26-19-27-24-10-6-7-11-28(24)32-29(31(27)30-26)16-14-23(15-17-29)22-8-4-3-5-9-22/h3-13,18-19,23,27,30H,14-17H2,1-2H3/t23?,27-,29?/m1/s1. The number of rotatable bonds is 2. The number of aryl methyl sites for hydroxylation is 2. The Morgan fingerprint density at radius 2 is 1.66 bits per heavy atom. The van der Waals surface area contributed by atoms with Crippen molar-refractivity contribution in [1.29, 1.82) is 0 Å². The number of hydrazine groups is 1. The minimum Gasteiger partial charge on any atom is -0.471 e. The van der Waals surface area contributed by atoms with E-state index >= 15 is 0 Å². The van der Waals surface area contributed by atoms with Crippen LogP contribution < -0.4 is 10.2 Å². The number of para-hydroxylation sites is 1. The minimum absolute atomic E-state index is 0.183. The van der Waals surface area contributed by atoms with Crippen molar-refractivity contribution in [3.8, 4) is 5.75 Å². The maximum atomic E-state index is 6.83. The molecule has 0 radical (unpaired) electrons. The van der Waals surface area contributed by atoms with Crippen molar-refractivity contribution in [3.05, 3.63) is 107 Å². The summed E-state index contributed by atoms with van der Waals surface area (Å²) in [4.78, 5) is 0. The Kier molecular flexibility index (Phi) is 4.62. The molecule has 3 aromatic carbocycles. The van der Waals surface area contributed by atoms with Gasteiger partial charge in [0.2, 0.25) is 0 Å². The van der Waals surface area contributed by atoms with E-state index in [9.17, 15) is 0 Å². The van der Waals surface area contributed by atoms with Gasteiger partial charge in [-0.1, -0.05) is 66.2 Å². The molecule has 3 nitrogen and oxygen atoms in total. The molecule has 1 N–H and O–H groups in total. The number of benzene rings is 3. The zero-order valence-corrected chi connectivity index (χ0v) is 18.8. The van der Waals surface area contributed by atoms with Gasteiger partial charge >= 0.3 is 0 Å². The number of fused-ring (bicyclic) bond motifs is 4. The number of ether oxygens (including phenoxy) is 1. The average Bonchev–Trinajstić information content (AvgIpc) is 3.29. The van der Waals surface area contributed by atoms with Crippen LogP contribution >= 0.6 is 0 Å². The van der Waals surface area contributed by atoms with Crippen LogP contribution in [0.3, 0.4) is 0 Å². The van der Waals surface area contributed by atoms with Crippen LogP contribution in [0.4, 0.5) is 0 Å². The molecule has 1 saturated carbocycles. The maximum absolute atomic E-state index is 6.83. The van der Waals surface area contributed by atoms with Crippen molar-refractivity contribution in [2.24, 2.45) is 0 Å². The summed E-state index contributed by atoms with van der Waals surface area (Å²) in [5.41, 5.74) is 11.2. The highest BCUT2D eigenvalue weighted by molar-refractivity contribution is 5.70. The summed E-state index contributed by atoms with van der Waals surface area (Å²) in [6.07, 6.45) is 6.69. The molecule has 0 bridgehead atoms. The van der Waals surface area contributed by atoms with Gasteiger partial charge in [-0.25, -0.2) is 0 Å². The van der Waals surface area contributed by atoms with Crippen LogP contribution in [0.25, 0.3) is 5.70 Å². The van der Waals surface area contributed by atoms with Crippen LogP contribution in [0.5, 0.6) is 5.75 Å². The second kappa shape index (κ2) is 7.53. The lowest BCUT2D eigenvalue weighted by atomic mass is 9.78. The quantitative estimate of drug-likeness (QED) is 0.500. The van der Waals surface area contributed by atoms with Crippen molar-refractivity contribution >= 4 is 5.70 Å². The summed E-state index contributed by atoms with van der Waals surface area (Å²) in [6, 6.07) is 26.4. The van der Waals surface area contributed by atoms with Crippen LogP contribution in [0.1, 0.15) is 65.5 Å². The van der Waals surface area contributed by atoms with E-state index < -0.39 is 0 Å². The zero-order chi connectivity index (χ0) is 21.7. The maximum Gasteiger partial charge on any atom is 0.180 e. The van der Waals surface area contributed by atoms with Gasteiger partial charge in [-0.15, -0.1) is 0 Å². The molecule has 1 aliphatic carbocycles. The molecule has 3 aliphatic rings. The minimum atomic E-state index is -0.319. The summed E-state index contributed by atoms with van der Waals surface area (Å²) < 4.78 is 6.83. The zero-order valence-electron chi connectivity index (χ0n) is 18.8. The molecule has 3 heteroatoms. The normalized spacial score (nSPS) is 26.6. The van der Waals surface area contributed by atoms with Crippen molar-refractivity contribution in [2.75, 3.05) is 0 Å². The molecule has 2 aliphatic heterocycles. The molecule has 32 heavy (non-hydrogen) atoms. The van der Waals surface area contributed by atoms with Crippen LogP contribution in [0.2, 0.25) is 0 Å². The fourth-order valence-corrected chi connectivity index (χ4v) is 5.77. The molecule has 2 heterocycles. The topological polar surface area (TPSA) is 24.5 Å².